The van der Waals surface area contributed by atoms with Gasteiger partial charge in [0, 0.05) is 51.4 Å². The van der Waals surface area contributed by atoms with Crippen molar-refractivity contribution in [1.29, 1.82) is 0 Å². The van der Waals surface area contributed by atoms with Crippen LogP contribution in [0.4, 0.5) is 0 Å². The van der Waals surface area contributed by atoms with Gasteiger partial charge < -0.3 is 29.7 Å². The van der Waals surface area contributed by atoms with Crippen LogP contribution in [0.15, 0.2) is 47.5 Å². The van der Waals surface area contributed by atoms with E-state index >= 15 is 0 Å². The minimum Gasteiger partial charge on any atom is -0.496 e. The number of nitrogens with zero attached hydrogens (tertiary/aromatic N) is 2. The minimum absolute atomic E-state index is 0. The van der Waals surface area contributed by atoms with Crippen molar-refractivity contribution in [2.75, 3.05) is 55.1 Å². The summed E-state index contributed by atoms with van der Waals surface area (Å²) in [4.78, 5) is 6.56. The van der Waals surface area contributed by atoms with E-state index in [2.05, 4.69) is 65.8 Å². The number of aliphatic imine (C=N–C) groups is 1. The molecule has 2 N–H and O–H groups in total. The molecule has 2 rings (SSSR count). The van der Waals surface area contributed by atoms with Gasteiger partial charge in [-0.3, -0.25) is 4.99 Å². The van der Waals surface area contributed by atoms with Crippen LogP contribution in [0.25, 0.3) is 0 Å². The molecule has 0 aromatic heterocycles. The second kappa shape index (κ2) is 15.7. The van der Waals surface area contributed by atoms with Gasteiger partial charge in [-0.15, -0.1) is 24.0 Å². The monoisotopic (exact) mass is 570 g/mol. The third-order valence-corrected chi connectivity index (χ3v) is 5.23. The van der Waals surface area contributed by atoms with Crippen molar-refractivity contribution in [3.8, 4) is 11.5 Å². The van der Waals surface area contributed by atoms with Crippen LogP contribution >= 0.6 is 24.0 Å². The molecule has 2 aromatic carbocycles. The van der Waals surface area contributed by atoms with Crippen LogP contribution in [0.5, 0.6) is 11.5 Å². The van der Waals surface area contributed by atoms with E-state index in [-0.39, 0.29) is 30.0 Å². The minimum atomic E-state index is 0. The number of para-hydroxylation sites is 1. The number of guanidine groups is 1. The lowest BCUT2D eigenvalue weighted by atomic mass is 10.0. The molecule has 0 heterocycles. The highest BCUT2D eigenvalue weighted by Gasteiger charge is 2.18. The van der Waals surface area contributed by atoms with Gasteiger partial charge in [0.25, 0.3) is 0 Å². The molecule has 1 atom stereocenters. The Morgan fingerprint density at radius 2 is 1.79 bits per heavy atom. The molecule has 0 fully saturated rings. The van der Waals surface area contributed by atoms with Crippen LogP contribution in [0, 0.1) is 6.92 Å². The molecule has 2 aromatic rings. The first-order chi connectivity index (χ1) is 15.5. The van der Waals surface area contributed by atoms with Crippen LogP contribution < -0.4 is 20.1 Å². The molecule has 0 radical (unpaired) electrons. The molecule has 0 saturated heterocycles. The summed E-state index contributed by atoms with van der Waals surface area (Å²) in [6, 6.07) is 14.5. The number of methoxy groups -OCH3 is 2. The Morgan fingerprint density at radius 3 is 2.45 bits per heavy atom. The lowest BCUT2D eigenvalue weighted by Crippen LogP contribution is -2.41. The third-order valence-electron chi connectivity index (χ3n) is 5.23. The molecule has 8 heteroatoms. The van der Waals surface area contributed by atoms with Crippen molar-refractivity contribution in [3.05, 3.63) is 59.2 Å². The number of nitrogens with one attached hydrogen (secondary N) is 2. The van der Waals surface area contributed by atoms with Crippen LogP contribution in [-0.2, 0) is 11.3 Å². The number of ether oxygens (including phenoxy) is 3. The molecule has 0 aliphatic rings. The standard InChI is InChI=1S/C25H38N4O3.HI/c1-19-12-13-20(24(16-19)32-15-9-14-30-5)17-27-25(26-2)28-18-22(29(3)4)21-10-7-8-11-23(21)31-6;/h7-8,10-13,16,22H,9,14-15,17-18H2,1-6H3,(H2,26,27,28);1H. The van der Waals surface area contributed by atoms with Crippen molar-refractivity contribution < 1.29 is 14.2 Å². The summed E-state index contributed by atoms with van der Waals surface area (Å²) < 4.78 is 16.7. The fraction of sp³-hybridized carbons (Fsp3) is 0.480. The zero-order valence-electron chi connectivity index (χ0n) is 20.7. The summed E-state index contributed by atoms with van der Waals surface area (Å²) in [7, 11) is 9.31. The molecule has 7 nitrogen and oxygen atoms in total. The lowest BCUT2D eigenvalue weighted by molar-refractivity contribution is 0.171. The van der Waals surface area contributed by atoms with E-state index in [1.807, 2.05) is 18.2 Å². The number of rotatable bonds is 12. The highest BCUT2D eigenvalue weighted by Crippen LogP contribution is 2.27. The molecule has 0 spiro atoms. The van der Waals surface area contributed by atoms with Crippen molar-refractivity contribution in [2.24, 2.45) is 4.99 Å². The number of hydrogen-bond donors (Lipinski definition) is 2. The van der Waals surface area contributed by atoms with Crippen molar-refractivity contribution in [1.82, 2.24) is 15.5 Å². The third kappa shape index (κ3) is 9.38. The quantitative estimate of drug-likeness (QED) is 0.174. The van der Waals surface area contributed by atoms with E-state index in [4.69, 9.17) is 14.2 Å². The summed E-state index contributed by atoms with van der Waals surface area (Å²) in [5, 5.41) is 6.85. The smallest absolute Gasteiger partial charge is 0.191 e. The van der Waals surface area contributed by atoms with E-state index in [0.717, 1.165) is 35.0 Å². The number of benzene rings is 2. The number of halogens is 1. The Morgan fingerprint density at radius 1 is 1.03 bits per heavy atom. The van der Waals surface area contributed by atoms with Crippen LogP contribution in [0.1, 0.15) is 29.2 Å². The molecule has 184 valence electrons. The van der Waals surface area contributed by atoms with Gasteiger partial charge >= 0.3 is 0 Å². The van der Waals surface area contributed by atoms with E-state index < -0.39 is 0 Å². The fourth-order valence-electron chi connectivity index (χ4n) is 3.43. The normalized spacial score (nSPS) is 12.2. The Hall–Kier alpha value is -2.04. The molecular formula is C25H39IN4O3. The molecule has 0 aliphatic heterocycles. The maximum absolute atomic E-state index is 6.00. The van der Waals surface area contributed by atoms with Gasteiger partial charge in [0.2, 0.25) is 0 Å². The summed E-state index contributed by atoms with van der Waals surface area (Å²) in [6.45, 7) is 4.68. The van der Waals surface area contributed by atoms with Gasteiger partial charge in [0.15, 0.2) is 5.96 Å². The molecule has 0 saturated carbocycles. The summed E-state index contributed by atoms with van der Waals surface area (Å²) in [5.74, 6) is 2.51. The van der Waals surface area contributed by atoms with Gasteiger partial charge in [-0.1, -0.05) is 30.3 Å². The highest BCUT2D eigenvalue weighted by atomic mass is 127. The zero-order valence-corrected chi connectivity index (χ0v) is 23.0. The Balaban J connectivity index is 0.00000544. The number of aryl methyl sites for hydroxylation is 1. The SMILES string of the molecule is CN=C(NCc1ccc(C)cc1OCCCOC)NCC(c1ccccc1OC)N(C)C.I. The van der Waals surface area contributed by atoms with Gasteiger partial charge in [0.05, 0.1) is 19.8 Å². The fourth-order valence-corrected chi connectivity index (χ4v) is 3.43. The van der Waals surface area contributed by atoms with Gasteiger partial charge in [-0.2, -0.15) is 0 Å². The van der Waals surface area contributed by atoms with Crippen molar-refractivity contribution >= 4 is 29.9 Å². The Bertz CT molecular complexity index is 861. The average Bonchev–Trinajstić information content (AvgIpc) is 2.79. The first-order valence-electron chi connectivity index (χ1n) is 10.9. The molecule has 1 unspecified atom stereocenters. The van der Waals surface area contributed by atoms with E-state index in [1.165, 1.54) is 5.56 Å². The van der Waals surface area contributed by atoms with Crippen LogP contribution in [0.3, 0.4) is 0 Å². The van der Waals surface area contributed by atoms with Crippen LogP contribution in [0.2, 0.25) is 0 Å². The van der Waals surface area contributed by atoms with Gasteiger partial charge in [-0.25, -0.2) is 0 Å². The van der Waals surface area contributed by atoms with Gasteiger partial charge in [-0.05, 0) is 38.7 Å². The van der Waals surface area contributed by atoms with E-state index in [0.29, 0.717) is 26.3 Å². The van der Waals surface area contributed by atoms with E-state index in [9.17, 15) is 0 Å². The topological polar surface area (TPSA) is 67.4 Å². The second-order valence-corrected chi connectivity index (χ2v) is 7.83. The summed E-state index contributed by atoms with van der Waals surface area (Å²) in [6.07, 6.45) is 0.857. The Labute approximate surface area is 215 Å². The molecule has 0 amide bonds. The summed E-state index contributed by atoms with van der Waals surface area (Å²) >= 11 is 0. The lowest BCUT2D eigenvalue weighted by Gasteiger charge is -2.27. The number of hydrogen-bond acceptors (Lipinski definition) is 5. The largest absolute Gasteiger partial charge is 0.496 e. The Kier molecular flexibility index (Phi) is 13.8. The first-order valence-corrected chi connectivity index (χ1v) is 10.9. The first kappa shape index (κ1) is 29.0. The van der Waals surface area contributed by atoms with Crippen molar-refractivity contribution in [2.45, 2.75) is 25.9 Å². The molecular weight excluding hydrogens is 531 g/mol. The van der Waals surface area contributed by atoms with Crippen molar-refractivity contribution in [3.63, 3.8) is 0 Å². The maximum Gasteiger partial charge on any atom is 0.191 e. The second-order valence-electron chi connectivity index (χ2n) is 7.83. The maximum atomic E-state index is 6.00. The van der Waals surface area contributed by atoms with E-state index in [1.54, 1.807) is 21.3 Å². The predicted molar refractivity (Wildman–Crippen MR) is 146 cm³/mol. The summed E-state index contributed by atoms with van der Waals surface area (Å²) in [5.41, 5.74) is 3.39. The average molecular weight is 571 g/mol. The highest BCUT2D eigenvalue weighted by molar-refractivity contribution is 14.0. The van der Waals surface area contributed by atoms with Gasteiger partial charge in [0.1, 0.15) is 11.5 Å². The zero-order chi connectivity index (χ0) is 23.3. The number of likely N-dealkylation sites (N-methyl/N-ethyl adjacent to an activating group) is 1. The molecule has 0 aliphatic carbocycles. The van der Waals surface area contributed by atoms with Crippen LogP contribution in [-0.4, -0.2) is 66.0 Å². The predicted octanol–water partition coefficient (Wildman–Crippen LogP) is 4.00. The molecule has 33 heavy (non-hydrogen) atoms. The molecule has 0 bridgehead atoms.